The summed E-state index contributed by atoms with van der Waals surface area (Å²) in [5.41, 5.74) is 0. The Morgan fingerprint density at radius 3 is 2.83 bits per heavy atom. The molecule has 2 nitrogen and oxygen atoms in total. The van der Waals surface area contributed by atoms with Crippen molar-refractivity contribution in [2.75, 3.05) is 27.2 Å². The number of nitrogens with zero attached hydrogens (tertiary/aromatic N) is 1. The smallest absolute Gasteiger partial charge is 0.0603 e. The molecule has 0 spiro atoms. The third-order valence-electron chi connectivity index (χ3n) is 3.60. The number of hydrogen-bond acceptors (Lipinski definition) is 2. The maximum absolute atomic E-state index is 5.50. The minimum Gasteiger partial charge on any atom is -0.381 e. The summed E-state index contributed by atoms with van der Waals surface area (Å²) >= 11 is 0. The topological polar surface area (TPSA) is 12.5 Å². The van der Waals surface area contributed by atoms with Gasteiger partial charge in [0.25, 0.3) is 0 Å². The molecule has 70 valence electrons. The lowest BCUT2D eigenvalue weighted by molar-refractivity contribution is 0.0338. The van der Waals surface area contributed by atoms with Crippen LogP contribution in [0, 0.1) is 11.8 Å². The molecule has 0 aromatic heterocycles. The molecule has 2 heteroatoms. The van der Waals surface area contributed by atoms with Crippen molar-refractivity contribution in [3.63, 3.8) is 0 Å². The minimum absolute atomic E-state index is 0.573. The molecule has 0 radical (unpaired) electrons. The van der Waals surface area contributed by atoms with Gasteiger partial charge in [0, 0.05) is 13.7 Å². The van der Waals surface area contributed by atoms with Crippen LogP contribution in [0.15, 0.2) is 0 Å². The van der Waals surface area contributed by atoms with Crippen LogP contribution in [0.4, 0.5) is 0 Å². The van der Waals surface area contributed by atoms with Crippen LogP contribution >= 0.6 is 0 Å². The first kappa shape index (κ1) is 8.52. The van der Waals surface area contributed by atoms with E-state index in [2.05, 4.69) is 11.9 Å². The average Bonchev–Trinajstić information content (AvgIpc) is 2.46. The molecule has 0 N–H and O–H groups in total. The van der Waals surface area contributed by atoms with E-state index in [9.17, 15) is 0 Å². The van der Waals surface area contributed by atoms with Crippen LogP contribution in [0.25, 0.3) is 0 Å². The van der Waals surface area contributed by atoms with E-state index in [4.69, 9.17) is 4.74 Å². The molecule has 2 fully saturated rings. The quantitative estimate of drug-likeness (QED) is 0.587. The van der Waals surface area contributed by atoms with Crippen LogP contribution < -0.4 is 0 Å². The summed E-state index contributed by atoms with van der Waals surface area (Å²) < 4.78 is 5.50. The summed E-state index contributed by atoms with van der Waals surface area (Å²) in [6.07, 6.45) is 4.59. The largest absolute Gasteiger partial charge is 0.381 e. The molecular weight excluding hydrogens is 150 g/mol. The van der Waals surface area contributed by atoms with Crippen molar-refractivity contribution in [3.8, 4) is 0 Å². The molecule has 1 unspecified atom stereocenters. The molecule has 0 amide bonds. The van der Waals surface area contributed by atoms with Gasteiger partial charge in [-0.2, -0.15) is 0 Å². The Hall–Kier alpha value is -0.0800. The van der Waals surface area contributed by atoms with E-state index in [1.165, 1.54) is 32.4 Å². The van der Waals surface area contributed by atoms with E-state index < -0.39 is 0 Å². The molecule has 1 aliphatic heterocycles. The van der Waals surface area contributed by atoms with Crippen LogP contribution in [-0.4, -0.2) is 38.3 Å². The molecule has 0 bridgehead atoms. The second kappa shape index (κ2) is 3.35. The van der Waals surface area contributed by atoms with Gasteiger partial charge in [-0.05, 0) is 44.7 Å². The third kappa shape index (κ3) is 1.38. The second-order valence-electron chi connectivity index (χ2n) is 4.33. The Balaban J connectivity index is 1.98. The Bertz CT molecular complexity index is 160. The Labute approximate surface area is 74.9 Å². The van der Waals surface area contributed by atoms with E-state index in [1.807, 2.05) is 7.11 Å². The fraction of sp³-hybridized carbons (Fsp3) is 1.00. The molecule has 1 saturated heterocycles. The number of likely N-dealkylation sites (tertiary alicyclic amines) is 1. The van der Waals surface area contributed by atoms with Crippen molar-refractivity contribution in [2.45, 2.75) is 25.4 Å². The van der Waals surface area contributed by atoms with Crippen molar-refractivity contribution < 1.29 is 4.74 Å². The molecule has 1 heterocycles. The van der Waals surface area contributed by atoms with E-state index in [-0.39, 0.29) is 0 Å². The predicted octanol–water partition coefficient (Wildman–Crippen LogP) is 1.36. The van der Waals surface area contributed by atoms with Crippen LogP contribution in [-0.2, 0) is 4.74 Å². The highest BCUT2D eigenvalue weighted by Gasteiger charge is 2.38. The zero-order valence-electron chi connectivity index (χ0n) is 8.12. The number of rotatable bonds is 1. The normalized spacial score (nSPS) is 43.0. The lowest BCUT2D eigenvalue weighted by Crippen LogP contribution is -2.38. The van der Waals surface area contributed by atoms with Gasteiger partial charge in [0.1, 0.15) is 0 Å². The Morgan fingerprint density at radius 1 is 1.25 bits per heavy atom. The second-order valence-corrected chi connectivity index (χ2v) is 4.33. The summed E-state index contributed by atoms with van der Waals surface area (Å²) in [4.78, 5) is 2.46. The molecule has 1 saturated carbocycles. The lowest BCUT2D eigenvalue weighted by Gasteiger charge is -2.34. The molecule has 0 aromatic rings. The SMILES string of the molecule is COC1CC[C@H]2CN(C)CC[C@@H]12. The average molecular weight is 169 g/mol. The van der Waals surface area contributed by atoms with Gasteiger partial charge < -0.3 is 9.64 Å². The molecule has 0 aromatic carbocycles. The van der Waals surface area contributed by atoms with Gasteiger partial charge in [-0.3, -0.25) is 0 Å². The Morgan fingerprint density at radius 2 is 2.08 bits per heavy atom. The van der Waals surface area contributed by atoms with Crippen molar-refractivity contribution in [1.29, 1.82) is 0 Å². The number of hydrogen-bond donors (Lipinski definition) is 0. The van der Waals surface area contributed by atoms with Crippen LogP contribution in [0.3, 0.4) is 0 Å². The zero-order valence-corrected chi connectivity index (χ0v) is 8.12. The number of methoxy groups -OCH3 is 1. The Kier molecular flexibility index (Phi) is 2.37. The summed E-state index contributed by atoms with van der Waals surface area (Å²) in [6.45, 7) is 2.56. The highest BCUT2D eigenvalue weighted by Crippen LogP contribution is 2.38. The van der Waals surface area contributed by atoms with E-state index >= 15 is 0 Å². The zero-order chi connectivity index (χ0) is 8.55. The number of ether oxygens (including phenoxy) is 1. The number of fused-ring (bicyclic) bond motifs is 1. The van der Waals surface area contributed by atoms with Gasteiger partial charge in [-0.15, -0.1) is 0 Å². The van der Waals surface area contributed by atoms with Crippen LogP contribution in [0.2, 0.25) is 0 Å². The molecule has 12 heavy (non-hydrogen) atoms. The van der Waals surface area contributed by atoms with Crippen LogP contribution in [0.1, 0.15) is 19.3 Å². The van der Waals surface area contributed by atoms with Gasteiger partial charge >= 0.3 is 0 Å². The van der Waals surface area contributed by atoms with E-state index in [1.54, 1.807) is 0 Å². The van der Waals surface area contributed by atoms with Crippen molar-refractivity contribution >= 4 is 0 Å². The van der Waals surface area contributed by atoms with Gasteiger partial charge in [-0.1, -0.05) is 0 Å². The van der Waals surface area contributed by atoms with Gasteiger partial charge in [0.05, 0.1) is 6.10 Å². The summed E-state index contributed by atoms with van der Waals surface area (Å²) in [5, 5.41) is 0. The van der Waals surface area contributed by atoms with Crippen molar-refractivity contribution in [3.05, 3.63) is 0 Å². The van der Waals surface area contributed by atoms with Gasteiger partial charge in [0.2, 0.25) is 0 Å². The van der Waals surface area contributed by atoms with Gasteiger partial charge in [-0.25, -0.2) is 0 Å². The van der Waals surface area contributed by atoms with Gasteiger partial charge in [0.15, 0.2) is 0 Å². The lowest BCUT2D eigenvalue weighted by atomic mass is 9.88. The van der Waals surface area contributed by atoms with E-state index in [0.717, 1.165) is 11.8 Å². The first-order valence-corrected chi connectivity index (χ1v) is 5.02. The first-order chi connectivity index (χ1) is 5.81. The maximum atomic E-state index is 5.50. The fourth-order valence-electron chi connectivity index (χ4n) is 2.91. The minimum atomic E-state index is 0.573. The predicted molar refractivity (Wildman–Crippen MR) is 49.1 cm³/mol. The summed E-state index contributed by atoms with van der Waals surface area (Å²) in [6, 6.07) is 0. The van der Waals surface area contributed by atoms with Crippen LogP contribution in [0.5, 0.6) is 0 Å². The monoisotopic (exact) mass is 169 g/mol. The summed E-state index contributed by atoms with van der Waals surface area (Å²) in [5.74, 6) is 1.79. The molecule has 2 rings (SSSR count). The highest BCUT2D eigenvalue weighted by molar-refractivity contribution is 4.90. The fourth-order valence-corrected chi connectivity index (χ4v) is 2.91. The van der Waals surface area contributed by atoms with Crippen molar-refractivity contribution in [2.24, 2.45) is 11.8 Å². The maximum Gasteiger partial charge on any atom is 0.0603 e. The highest BCUT2D eigenvalue weighted by atomic mass is 16.5. The van der Waals surface area contributed by atoms with Crippen molar-refractivity contribution in [1.82, 2.24) is 4.90 Å². The molecular formula is C10H19NO. The third-order valence-corrected chi connectivity index (χ3v) is 3.60. The molecule has 3 atom stereocenters. The molecule has 2 aliphatic rings. The molecule has 1 aliphatic carbocycles. The number of piperidine rings is 1. The first-order valence-electron chi connectivity index (χ1n) is 5.02. The summed E-state index contributed by atoms with van der Waals surface area (Å²) in [7, 11) is 4.10. The standard InChI is InChI=1S/C10H19NO/c1-11-6-5-9-8(7-11)3-4-10(9)12-2/h8-10H,3-7H2,1-2H3/t8-,9+,10?/m0/s1. The van der Waals surface area contributed by atoms with E-state index in [0.29, 0.717) is 6.10 Å².